The average Bonchev–Trinajstić information content (AvgIpc) is 2.66. The van der Waals surface area contributed by atoms with Crippen molar-refractivity contribution in [2.75, 3.05) is 32.7 Å². The molecule has 2 N–H and O–H groups in total. The Morgan fingerprint density at radius 2 is 1.77 bits per heavy atom. The second-order valence-corrected chi connectivity index (χ2v) is 7.82. The number of likely N-dealkylation sites (tertiary alicyclic amines) is 2. The van der Waals surface area contributed by atoms with Gasteiger partial charge >= 0.3 is 6.03 Å². The number of amides is 3. The van der Waals surface area contributed by atoms with Gasteiger partial charge in [0.1, 0.15) is 12.6 Å². The van der Waals surface area contributed by atoms with E-state index < -0.39 is 6.04 Å². The zero-order valence-electron chi connectivity index (χ0n) is 16.2. The third kappa shape index (κ3) is 6.17. The van der Waals surface area contributed by atoms with Gasteiger partial charge in [-0.25, -0.2) is 4.79 Å². The van der Waals surface area contributed by atoms with Crippen LogP contribution >= 0.6 is 0 Å². The molecule has 0 aromatic heterocycles. The van der Waals surface area contributed by atoms with Gasteiger partial charge in [-0.3, -0.25) is 4.79 Å². The van der Waals surface area contributed by atoms with Gasteiger partial charge in [-0.15, -0.1) is 0 Å². The molecule has 26 heavy (non-hydrogen) atoms. The van der Waals surface area contributed by atoms with E-state index in [9.17, 15) is 9.59 Å². The minimum atomic E-state index is -0.587. The van der Waals surface area contributed by atoms with Crippen molar-refractivity contribution in [3.63, 3.8) is 0 Å². The van der Waals surface area contributed by atoms with Gasteiger partial charge in [0.15, 0.2) is 0 Å². The zero-order valence-corrected chi connectivity index (χ0v) is 16.2. The van der Waals surface area contributed by atoms with E-state index in [4.69, 9.17) is 5.26 Å². The summed E-state index contributed by atoms with van der Waals surface area (Å²) in [5.74, 6) is -0.00484. The summed E-state index contributed by atoms with van der Waals surface area (Å²) < 4.78 is 0. The smallest absolute Gasteiger partial charge is 0.318 e. The minimum Gasteiger partial charge on any atom is -0.341 e. The summed E-state index contributed by atoms with van der Waals surface area (Å²) in [5.41, 5.74) is 0. The van der Waals surface area contributed by atoms with E-state index in [0.717, 1.165) is 25.9 Å². The molecule has 0 aromatic carbocycles. The molecule has 0 bridgehead atoms. The first-order valence-corrected chi connectivity index (χ1v) is 9.95. The number of piperidine rings is 2. The van der Waals surface area contributed by atoms with E-state index in [1.54, 1.807) is 0 Å². The van der Waals surface area contributed by atoms with Gasteiger partial charge in [-0.2, -0.15) is 5.26 Å². The van der Waals surface area contributed by atoms with Crippen LogP contribution in [0.25, 0.3) is 0 Å². The molecule has 1 unspecified atom stereocenters. The quantitative estimate of drug-likeness (QED) is 0.703. The van der Waals surface area contributed by atoms with E-state index >= 15 is 0 Å². The van der Waals surface area contributed by atoms with E-state index in [2.05, 4.69) is 15.5 Å². The highest BCUT2D eigenvalue weighted by Gasteiger charge is 2.29. The number of hydrogen-bond acceptors (Lipinski definition) is 4. The summed E-state index contributed by atoms with van der Waals surface area (Å²) >= 11 is 0. The lowest BCUT2D eigenvalue weighted by atomic mass is 10.00. The number of nitriles is 1. The fraction of sp³-hybridized carbons (Fsp3) is 0.842. The van der Waals surface area contributed by atoms with Gasteiger partial charge in [-0.05, 0) is 51.1 Å². The van der Waals surface area contributed by atoms with Gasteiger partial charge in [0.2, 0.25) is 5.91 Å². The predicted molar refractivity (Wildman–Crippen MR) is 100 cm³/mol. The van der Waals surface area contributed by atoms with Crippen LogP contribution in [-0.2, 0) is 4.79 Å². The summed E-state index contributed by atoms with van der Waals surface area (Å²) in [7, 11) is 0. The van der Waals surface area contributed by atoms with Crippen molar-refractivity contribution < 1.29 is 9.59 Å². The maximum absolute atomic E-state index is 12.6. The van der Waals surface area contributed by atoms with Crippen molar-refractivity contribution in [1.29, 1.82) is 5.26 Å². The van der Waals surface area contributed by atoms with Crippen molar-refractivity contribution in [3.05, 3.63) is 0 Å². The van der Waals surface area contributed by atoms with Crippen molar-refractivity contribution in [1.82, 2.24) is 20.4 Å². The molecule has 0 saturated carbocycles. The first kappa shape index (κ1) is 20.5. The van der Waals surface area contributed by atoms with Crippen LogP contribution < -0.4 is 10.6 Å². The summed E-state index contributed by atoms with van der Waals surface area (Å²) in [5, 5.41) is 14.1. The normalized spacial score (nSPS) is 20.5. The largest absolute Gasteiger partial charge is 0.341 e. The molecule has 0 spiro atoms. The van der Waals surface area contributed by atoms with Gasteiger partial charge < -0.3 is 20.4 Å². The Morgan fingerprint density at radius 1 is 1.12 bits per heavy atom. The molecule has 1 atom stereocenters. The van der Waals surface area contributed by atoms with Crippen LogP contribution in [0, 0.1) is 17.2 Å². The predicted octanol–water partition coefficient (Wildman–Crippen LogP) is 1.70. The third-order valence-electron chi connectivity index (χ3n) is 5.32. The molecule has 2 saturated heterocycles. The number of carbonyl (C=O) groups is 2. The Labute approximate surface area is 157 Å². The molecule has 2 aliphatic heterocycles. The fourth-order valence-corrected chi connectivity index (χ4v) is 3.91. The minimum absolute atomic E-state index is 0.0372. The second-order valence-electron chi connectivity index (χ2n) is 7.82. The van der Waals surface area contributed by atoms with Gasteiger partial charge in [0.25, 0.3) is 0 Å². The Bertz CT molecular complexity index is 503. The summed E-state index contributed by atoms with van der Waals surface area (Å²) in [6, 6.07) is 1.73. The number of hydrogen-bond donors (Lipinski definition) is 2. The molecule has 2 heterocycles. The SMILES string of the molecule is CC(C)CC(NC(=O)N1CCC(N2CCCCC2)CC1)C(=O)NCC#N. The molecular formula is C19H33N5O2. The van der Waals surface area contributed by atoms with Crippen molar-refractivity contribution in [2.24, 2.45) is 5.92 Å². The molecule has 2 rings (SSSR count). The Morgan fingerprint density at radius 3 is 2.35 bits per heavy atom. The van der Waals surface area contributed by atoms with Crippen LogP contribution in [-0.4, -0.2) is 66.5 Å². The third-order valence-corrected chi connectivity index (χ3v) is 5.32. The lowest BCUT2D eigenvalue weighted by Gasteiger charge is -2.40. The highest BCUT2D eigenvalue weighted by Crippen LogP contribution is 2.21. The van der Waals surface area contributed by atoms with Crippen molar-refractivity contribution in [3.8, 4) is 6.07 Å². The highest BCUT2D eigenvalue weighted by molar-refractivity contribution is 5.87. The molecule has 7 nitrogen and oxygen atoms in total. The van der Waals surface area contributed by atoms with Crippen LogP contribution in [0.3, 0.4) is 0 Å². The number of nitrogens with one attached hydrogen (secondary N) is 2. The van der Waals surface area contributed by atoms with Crippen LogP contribution in [0.4, 0.5) is 4.79 Å². The average molecular weight is 364 g/mol. The maximum atomic E-state index is 12.6. The Balaban J connectivity index is 1.83. The molecule has 0 aromatic rings. The molecule has 0 radical (unpaired) electrons. The number of rotatable bonds is 6. The van der Waals surface area contributed by atoms with Crippen LogP contribution in [0.2, 0.25) is 0 Å². The summed E-state index contributed by atoms with van der Waals surface area (Å²) in [6.07, 6.45) is 6.48. The second kappa shape index (κ2) is 10.4. The first-order chi connectivity index (χ1) is 12.5. The number of urea groups is 1. The van der Waals surface area contributed by atoms with Crippen LogP contribution in [0.5, 0.6) is 0 Å². The molecule has 0 aliphatic carbocycles. The lowest BCUT2D eigenvalue weighted by molar-refractivity contribution is -0.123. The monoisotopic (exact) mass is 363 g/mol. The fourth-order valence-electron chi connectivity index (χ4n) is 3.91. The van der Waals surface area contributed by atoms with E-state index in [-0.39, 0.29) is 24.4 Å². The van der Waals surface area contributed by atoms with E-state index in [1.165, 1.54) is 32.4 Å². The highest BCUT2D eigenvalue weighted by atomic mass is 16.2. The standard InChI is InChI=1S/C19H33N5O2/c1-15(2)14-17(18(25)21-9-8-20)22-19(26)24-12-6-16(7-13-24)23-10-4-3-5-11-23/h15-17H,3-7,9-14H2,1-2H3,(H,21,25)(H,22,26). The van der Waals surface area contributed by atoms with E-state index in [1.807, 2.05) is 24.8 Å². The number of nitrogens with zero attached hydrogens (tertiary/aromatic N) is 3. The number of carbonyl (C=O) groups excluding carboxylic acids is 2. The maximum Gasteiger partial charge on any atom is 0.318 e. The topological polar surface area (TPSA) is 88.5 Å². The molecular weight excluding hydrogens is 330 g/mol. The van der Waals surface area contributed by atoms with Crippen LogP contribution in [0.15, 0.2) is 0 Å². The van der Waals surface area contributed by atoms with Gasteiger partial charge in [-0.1, -0.05) is 20.3 Å². The van der Waals surface area contributed by atoms with Gasteiger partial charge in [0.05, 0.1) is 6.07 Å². The molecule has 3 amide bonds. The van der Waals surface area contributed by atoms with Gasteiger partial charge in [0, 0.05) is 19.1 Å². The molecule has 146 valence electrons. The van der Waals surface area contributed by atoms with Crippen molar-refractivity contribution in [2.45, 2.75) is 64.5 Å². The van der Waals surface area contributed by atoms with E-state index in [0.29, 0.717) is 12.5 Å². The Hall–Kier alpha value is -1.81. The lowest BCUT2D eigenvalue weighted by Crippen LogP contribution is -2.55. The molecule has 2 aliphatic rings. The summed E-state index contributed by atoms with van der Waals surface area (Å²) in [4.78, 5) is 29.2. The van der Waals surface area contributed by atoms with Crippen molar-refractivity contribution >= 4 is 11.9 Å². The first-order valence-electron chi connectivity index (χ1n) is 9.95. The molecule has 2 fully saturated rings. The Kier molecular flexibility index (Phi) is 8.17. The zero-order chi connectivity index (χ0) is 18.9. The molecule has 7 heteroatoms. The summed E-state index contributed by atoms with van der Waals surface area (Å²) in [6.45, 7) is 7.84. The van der Waals surface area contributed by atoms with Crippen LogP contribution in [0.1, 0.15) is 52.4 Å².